The molecule has 8 heteroatoms. The SMILES string of the molecule is O=C(c1ccccn1)N1CCCN(c2ncccc2[N+](=O)[O-])CC1. The van der Waals surface area contributed by atoms with Crippen molar-refractivity contribution in [1.82, 2.24) is 14.9 Å². The fourth-order valence-electron chi connectivity index (χ4n) is 2.76. The summed E-state index contributed by atoms with van der Waals surface area (Å²) in [7, 11) is 0. The van der Waals surface area contributed by atoms with Crippen molar-refractivity contribution in [2.75, 3.05) is 31.1 Å². The summed E-state index contributed by atoms with van der Waals surface area (Å²) in [5.74, 6) is 0.239. The molecule has 0 bridgehead atoms. The van der Waals surface area contributed by atoms with Crippen molar-refractivity contribution >= 4 is 17.4 Å². The van der Waals surface area contributed by atoms with Gasteiger partial charge in [-0.1, -0.05) is 6.07 Å². The second-order valence-electron chi connectivity index (χ2n) is 5.45. The van der Waals surface area contributed by atoms with Gasteiger partial charge in [0.2, 0.25) is 5.82 Å². The van der Waals surface area contributed by atoms with Crippen molar-refractivity contribution in [1.29, 1.82) is 0 Å². The van der Waals surface area contributed by atoms with Crippen LogP contribution in [0.15, 0.2) is 42.7 Å². The Kier molecular flexibility index (Phi) is 4.64. The van der Waals surface area contributed by atoms with Crippen LogP contribution in [0.25, 0.3) is 0 Å². The Labute approximate surface area is 138 Å². The summed E-state index contributed by atoms with van der Waals surface area (Å²) in [5.41, 5.74) is 0.400. The second-order valence-corrected chi connectivity index (χ2v) is 5.45. The third kappa shape index (κ3) is 3.32. The average molecular weight is 327 g/mol. The molecule has 2 aromatic heterocycles. The standard InChI is InChI=1S/C16H17N5O3/c22-16(13-5-1-2-7-17-13)20-10-4-9-19(11-12-20)15-14(21(23)24)6-3-8-18-15/h1-3,5-8H,4,9-12H2. The van der Waals surface area contributed by atoms with Crippen LogP contribution in [0.2, 0.25) is 0 Å². The monoisotopic (exact) mass is 327 g/mol. The molecule has 124 valence electrons. The first-order valence-corrected chi connectivity index (χ1v) is 7.71. The van der Waals surface area contributed by atoms with E-state index in [-0.39, 0.29) is 11.6 Å². The van der Waals surface area contributed by atoms with E-state index in [1.807, 2.05) is 4.90 Å². The number of anilines is 1. The third-order valence-corrected chi connectivity index (χ3v) is 3.93. The van der Waals surface area contributed by atoms with E-state index in [1.54, 1.807) is 41.6 Å². The number of pyridine rings is 2. The van der Waals surface area contributed by atoms with Crippen LogP contribution < -0.4 is 4.90 Å². The Morgan fingerprint density at radius 3 is 2.62 bits per heavy atom. The van der Waals surface area contributed by atoms with Crippen molar-refractivity contribution in [2.24, 2.45) is 0 Å². The predicted octanol–water partition coefficient (Wildman–Crippen LogP) is 1.74. The Bertz CT molecular complexity index is 738. The van der Waals surface area contributed by atoms with Crippen LogP contribution in [-0.2, 0) is 0 Å². The van der Waals surface area contributed by atoms with Crippen LogP contribution in [-0.4, -0.2) is 51.9 Å². The first-order valence-electron chi connectivity index (χ1n) is 7.71. The lowest BCUT2D eigenvalue weighted by Crippen LogP contribution is -2.35. The van der Waals surface area contributed by atoms with E-state index in [0.717, 1.165) is 0 Å². The smallest absolute Gasteiger partial charge is 0.311 e. The van der Waals surface area contributed by atoms with Crippen molar-refractivity contribution in [3.63, 3.8) is 0 Å². The lowest BCUT2D eigenvalue weighted by Gasteiger charge is -2.22. The van der Waals surface area contributed by atoms with Gasteiger partial charge in [0.15, 0.2) is 0 Å². The zero-order valence-electron chi connectivity index (χ0n) is 13.0. The van der Waals surface area contributed by atoms with Gasteiger partial charge >= 0.3 is 5.69 Å². The van der Waals surface area contributed by atoms with Gasteiger partial charge in [-0.05, 0) is 24.6 Å². The number of carbonyl (C=O) groups excluding carboxylic acids is 1. The molecular formula is C16H17N5O3. The minimum Gasteiger partial charge on any atom is -0.349 e. The number of hydrogen-bond donors (Lipinski definition) is 0. The van der Waals surface area contributed by atoms with Gasteiger partial charge in [0.1, 0.15) is 5.69 Å². The first-order chi connectivity index (χ1) is 11.7. The largest absolute Gasteiger partial charge is 0.349 e. The summed E-state index contributed by atoms with van der Waals surface area (Å²) in [4.78, 5) is 35.1. The second kappa shape index (κ2) is 7.03. The number of carbonyl (C=O) groups is 1. The topological polar surface area (TPSA) is 92.5 Å². The number of nitro groups is 1. The Morgan fingerprint density at radius 1 is 1.04 bits per heavy atom. The fourth-order valence-corrected chi connectivity index (χ4v) is 2.76. The molecule has 1 aliphatic rings. The van der Waals surface area contributed by atoms with E-state index in [1.165, 1.54) is 6.07 Å². The van der Waals surface area contributed by atoms with Gasteiger partial charge in [-0.25, -0.2) is 4.98 Å². The van der Waals surface area contributed by atoms with E-state index in [0.29, 0.717) is 44.1 Å². The summed E-state index contributed by atoms with van der Waals surface area (Å²) in [6.45, 7) is 2.18. The molecule has 0 saturated carbocycles. The lowest BCUT2D eigenvalue weighted by atomic mass is 10.3. The minimum absolute atomic E-state index is 0.0120. The van der Waals surface area contributed by atoms with E-state index >= 15 is 0 Å². The van der Waals surface area contributed by atoms with E-state index < -0.39 is 4.92 Å². The fraction of sp³-hybridized carbons (Fsp3) is 0.312. The maximum absolute atomic E-state index is 12.5. The molecule has 1 aliphatic heterocycles. The normalized spacial score (nSPS) is 15.0. The van der Waals surface area contributed by atoms with Crippen LogP contribution in [0.4, 0.5) is 11.5 Å². The van der Waals surface area contributed by atoms with Crippen LogP contribution in [0.1, 0.15) is 16.9 Å². The molecule has 2 aromatic rings. The molecule has 3 heterocycles. The number of amides is 1. The zero-order valence-corrected chi connectivity index (χ0v) is 13.0. The van der Waals surface area contributed by atoms with Gasteiger partial charge in [-0.15, -0.1) is 0 Å². The lowest BCUT2D eigenvalue weighted by molar-refractivity contribution is -0.384. The predicted molar refractivity (Wildman–Crippen MR) is 87.9 cm³/mol. The molecule has 0 spiro atoms. The molecule has 24 heavy (non-hydrogen) atoms. The van der Waals surface area contributed by atoms with E-state index in [9.17, 15) is 14.9 Å². The maximum atomic E-state index is 12.5. The quantitative estimate of drug-likeness (QED) is 0.630. The summed E-state index contributed by atoms with van der Waals surface area (Å²) < 4.78 is 0. The zero-order chi connectivity index (χ0) is 16.9. The Hall–Kier alpha value is -3.03. The molecule has 1 amide bonds. The molecule has 0 aliphatic carbocycles. The van der Waals surface area contributed by atoms with Crippen LogP contribution in [0, 0.1) is 10.1 Å². The Balaban J connectivity index is 1.74. The van der Waals surface area contributed by atoms with Crippen molar-refractivity contribution in [3.05, 3.63) is 58.5 Å². The molecule has 3 rings (SSSR count). The third-order valence-electron chi connectivity index (χ3n) is 3.93. The maximum Gasteiger partial charge on any atom is 0.311 e. The summed E-state index contributed by atoms with van der Waals surface area (Å²) in [5, 5.41) is 11.2. The molecule has 1 saturated heterocycles. The van der Waals surface area contributed by atoms with Crippen molar-refractivity contribution in [2.45, 2.75) is 6.42 Å². The van der Waals surface area contributed by atoms with Crippen LogP contribution in [0.3, 0.4) is 0 Å². The highest BCUT2D eigenvalue weighted by Crippen LogP contribution is 2.25. The number of rotatable bonds is 3. The summed E-state index contributed by atoms with van der Waals surface area (Å²) in [6.07, 6.45) is 3.85. The Morgan fingerprint density at radius 2 is 1.88 bits per heavy atom. The van der Waals surface area contributed by atoms with Crippen LogP contribution in [0.5, 0.6) is 0 Å². The van der Waals surface area contributed by atoms with Gasteiger partial charge < -0.3 is 9.80 Å². The van der Waals surface area contributed by atoms with Gasteiger partial charge in [-0.3, -0.25) is 19.9 Å². The molecule has 0 radical (unpaired) electrons. The molecule has 0 N–H and O–H groups in total. The van der Waals surface area contributed by atoms with Crippen LogP contribution >= 0.6 is 0 Å². The van der Waals surface area contributed by atoms with E-state index in [4.69, 9.17) is 0 Å². The summed E-state index contributed by atoms with van der Waals surface area (Å²) >= 11 is 0. The van der Waals surface area contributed by atoms with Gasteiger partial charge in [0.25, 0.3) is 5.91 Å². The number of nitrogens with zero attached hydrogens (tertiary/aromatic N) is 5. The van der Waals surface area contributed by atoms with Gasteiger partial charge in [0, 0.05) is 44.6 Å². The highest BCUT2D eigenvalue weighted by molar-refractivity contribution is 5.92. The van der Waals surface area contributed by atoms with Crippen molar-refractivity contribution < 1.29 is 9.72 Å². The highest BCUT2D eigenvalue weighted by Gasteiger charge is 2.25. The van der Waals surface area contributed by atoms with Crippen molar-refractivity contribution in [3.8, 4) is 0 Å². The molecule has 1 fully saturated rings. The molecule has 0 aromatic carbocycles. The van der Waals surface area contributed by atoms with Gasteiger partial charge in [-0.2, -0.15) is 0 Å². The molecule has 0 atom stereocenters. The van der Waals surface area contributed by atoms with E-state index in [2.05, 4.69) is 9.97 Å². The number of aromatic nitrogens is 2. The van der Waals surface area contributed by atoms with Gasteiger partial charge in [0.05, 0.1) is 4.92 Å². The molecule has 8 nitrogen and oxygen atoms in total. The molecule has 0 unspecified atom stereocenters. The highest BCUT2D eigenvalue weighted by atomic mass is 16.6. The summed E-state index contributed by atoms with van der Waals surface area (Å²) in [6, 6.07) is 8.23. The average Bonchev–Trinajstić information content (AvgIpc) is 2.88. The first kappa shape index (κ1) is 15.9. The minimum atomic E-state index is -0.427. The molecular weight excluding hydrogens is 310 g/mol. The number of hydrogen-bond acceptors (Lipinski definition) is 6.